The molecule has 0 aromatic carbocycles. The molecule has 0 aliphatic carbocycles. The maximum atomic E-state index is 13.9. The minimum atomic E-state index is -7.33. The quantitative estimate of drug-likeness (QED) is 0.324. The lowest BCUT2D eigenvalue weighted by atomic mass is 9.98. The summed E-state index contributed by atoms with van der Waals surface area (Å²) in [5.74, 6) is -8.81. The van der Waals surface area contributed by atoms with Gasteiger partial charge in [-0.1, -0.05) is 0 Å². The van der Waals surface area contributed by atoms with Gasteiger partial charge in [-0.3, -0.25) is 4.79 Å². The molecule has 1 heterocycles. The van der Waals surface area contributed by atoms with Crippen molar-refractivity contribution in [2.75, 3.05) is 13.1 Å². The molecule has 0 aromatic rings. The van der Waals surface area contributed by atoms with Gasteiger partial charge in [-0.2, -0.15) is 30.6 Å². The standard InChI is InChI=1S/C13H19F6NO7S2/c1-10(2,3)27-9(21)8-4-6-20(7-5-8)28(22,23)12(16,17)11(14,15)13(18,19)29(24,25)26/h8H,4-7H2,1-3H3,(H,24,25,26)/p-1. The van der Waals surface area contributed by atoms with Crippen molar-refractivity contribution in [2.45, 2.75) is 55.6 Å². The summed E-state index contributed by atoms with van der Waals surface area (Å²) in [5.41, 5.74) is -0.912. The first-order valence-corrected chi connectivity index (χ1v) is 10.8. The van der Waals surface area contributed by atoms with Gasteiger partial charge in [0.1, 0.15) is 5.60 Å². The third kappa shape index (κ3) is 4.64. The van der Waals surface area contributed by atoms with Crippen molar-refractivity contribution in [3.8, 4) is 0 Å². The van der Waals surface area contributed by atoms with Gasteiger partial charge >= 0.3 is 22.4 Å². The smallest absolute Gasteiger partial charge is 0.428 e. The highest BCUT2D eigenvalue weighted by Crippen LogP contribution is 2.51. The summed E-state index contributed by atoms with van der Waals surface area (Å²) in [5, 5.41) is -13.5. The molecule has 1 aliphatic heterocycles. The molecule has 0 saturated carbocycles. The summed E-state index contributed by atoms with van der Waals surface area (Å²) < 4.78 is 141. The average molecular weight is 478 g/mol. The van der Waals surface area contributed by atoms with Gasteiger partial charge in [0.2, 0.25) is 0 Å². The molecule has 0 bridgehead atoms. The highest BCUT2D eigenvalue weighted by atomic mass is 32.2. The van der Waals surface area contributed by atoms with E-state index in [0.717, 1.165) is 0 Å². The molecule has 1 saturated heterocycles. The van der Waals surface area contributed by atoms with Crippen LogP contribution >= 0.6 is 0 Å². The lowest BCUT2D eigenvalue weighted by Gasteiger charge is -2.37. The molecule has 0 unspecified atom stereocenters. The highest BCUT2D eigenvalue weighted by molar-refractivity contribution is 7.90. The van der Waals surface area contributed by atoms with E-state index < -0.39 is 80.0 Å². The van der Waals surface area contributed by atoms with E-state index in [4.69, 9.17) is 4.74 Å². The maximum absolute atomic E-state index is 13.9. The molecule has 1 aliphatic rings. The van der Waals surface area contributed by atoms with Crippen LogP contribution < -0.4 is 0 Å². The van der Waals surface area contributed by atoms with Crippen LogP contribution in [0.5, 0.6) is 0 Å². The fourth-order valence-electron chi connectivity index (χ4n) is 2.37. The average Bonchev–Trinajstić information content (AvgIpc) is 2.51. The van der Waals surface area contributed by atoms with Crippen LogP contribution in [0.3, 0.4) is 0 Å². The van der Waals surface area contributed by atoms with Crippen LogP contribution in [0, 0.1) is 5.92 Å². The van der Waals surface area contributed by atoms with Gasteiger partial charge in [0, 0.05) is 13.1 Å². The Morgan fingerprint density at radius 3 is 1.69 bits per heavy atom. The first kappa shape index (κ1) is 25.9. The number of carbonyl (C=O) groups is 1. The summed E-state index contributed by atoms with van der Waals surface area (Å²) in [7, 11) is -13.9. The van der Waals surface area contributed by atoms with Crippen molar-refractivity contribution in [1.29, 1.82) is 0 Å². The van der Waals surface area contributed by atoms with Gasteiger partial charge in [-0.15, -0.1) is 0 Å². The molecule has 1 rings (SSSR count). The van der Waals surface area contributed by atoms with E-state index in [2.05, 4.69) is 0 Å². The first-order chi connectivity index (χ1) is 12.6. The van der Waals surface area contributed by atoms with Crippen molar-refractivity contribution < 1.29 is 57.3 Å². The van der Waals surface area contributed by atoms with E-state index in [9.17, 15) is 52.5 Å². The Bertz CT molecular complexity index is 843. The molecular weight excluding hydrogens is 460 g/mol. The number of piperidine rings is 1. The van der Waals surface area contributed by atoms with Crippen LogP contribution in [0.2, 0.25) is 0 Å². The van der Waals surface area contributed by atoms with E-state index in [-0.39, 0.29) is 4.31 Å². The van der Waals surface area contributed by atoms with Crippen LogP contribution in [-0.4, -0.2) is 66.8 Å². The highest BCUT2D eigenvalue weighted by Gasteiger charge is 2.80. The van der Waals surface area contributed by atoms with Crippen molar-refractivity contribution in [2.24, 2.45) is 5.92 Å². The number of sulfonamides is 1. The summed E-state index contributed by atoms with van der Waals surface area (Å²) in [4.78, 5) is 11.9. The Hall–Kier alpha value is -1.13. The minimum Gasteiger partial charge on any atom is -0.743 e. The zero-order chi connectivity index (χ0) is 23.3. The van der Waals surface area contributed by atoms with E-state index in [1.807, 2.05) is 0 Å². The van der Waals surface area contributed by atoms with Crippen LogP contribution in [0.1, 0.15) is 33.6 Å². The summed E-state index contributed by atoms with van der Waals surface area (Å²) in [6.45, 7) is 2.73. The second kappa shape index (κ2) is 7.53. The topological polar surface area (TPSA) is 121 Å². The number of ether oxygens (including phenoxy) is 1. The molecule has 0 radical (unpaired) electrons. The predicted octanol–water partition coefficient (Wildman–Crippen LogP) is 1.74. The van der Waals surface area contributed by atoms with Gasteiger partial charge < -0.3 is 9.29 Å². The second-order valence-corrected chi connectivity index (χ2v) is 10.7. The molecule has 16 heteroatoms. The van der Waals surface area contributed by atoms with E-state index >= 15 is 0 Å². The normalized spacial score (nSPS) is 19.2. The Kier molecular flexibility index (Phi) is 6.73. The van der Waals surface area contributed by atoms with Gasteiger partial charge in [0.15, 0.2) is 10.1 Å². The molecule has 172 valence electrons. The van der Waals surface area contributed by atoms with E-state index in [1.165, 1.54) is 20.8 Å². The van der Waals surface area contributed by atoms with Gasteiger partial charge in [-0.05, 0) is 33.6 Å². The van der Waals surface area contributed by atoms with Crippen molar-refractivity contribution in [1.82, 2.24) is 4.31 Å². The number of hydrogen-bond donors (Lipinski definition) is 0. The Balaban J connectivity index is 3.10. The Morgan fingerprint density at radius 1 is 0.931 bits per heavy atom. The number of hydrogen-bond acceptors (Lipinski definition) is 7. The zero-order valence-electron chi connectivity index (χ0n) is 15.3. The predicted molar refractivity (Wildman–Crippen MR) is 83.6 cm³/mol. The lowest BCUT2D eigenvalue weighted by molar-refractivity contribution is -0.247. The number of rotatable bonds is 6. The third-order valence-electron chi connectivity index (χ3n) is 3.90. The van der Waals surface area contributed by atoms with Gasteiger partial charge in [-0.25, -0.2) is 16.8 Å². The summed E-state index contributed by atoms with van der Waals surface area (Å²) >= 11 is 0. The van der Waals surface area contributed by atoms with Gasteiger partial charge in [0.05, 0.1) is 5.92 Å². The van der Waals surface area contributed by atoms with Crippen LogP contribution in [-0.2, 0) is 29.7 Å². The number of halogens is 6. The van der Waals surface area contributed by atoms with Crippen molar-refractivity contribution >= 4 is 26.1 Å². The van der Waals surface area contributed by atoms with Crippen LogP contribution in [0.15, 0.2) is 0 Å². The lowest BCUT2D eigenvalue weighted by Crippen LogP contribution is -2.63. The SMILES string of the molecule is CC(C)(C)OC(=O)C1CCN(S(=O)(=O)C(F)(F)C(F)(F)C(F)(F)S(=O)(=O)[O-])CC1. The molecule has 0 atom stereocenters. The molecule has 0 aromatic heterocycles. The van der Waals surface area contributed by atoms with E-state index in [1.54, 1.807) is 0 Å². The molecule has 0 amide bonds. The summed E-state index contributed by atoms with van der Waals surface area (Å²) in [6, 6.07) is 0. The number of esters is 1. The van der Waals surface area contributed by atoms with Gasteiger partial charge in [0.25, 0.3) is 10.0 Å². The third-order valence-corrected chi connectivity index (χ3v) is 6.74. The molecule has 0 spiro atoms. The van der Waals surface area contributed by atoms with E-state index in [0.29, 0.717) is 0 Å². The fraction of sp³-hybridized carbons (Fsp3) is 0.923. The first-order valence-electron chi connectivity index (χ1n) is 7.91. The number of nitrogens with zero attached hydrogens (tertiary/aromatic N) is 1. The molecule has 0 N–H and O–H groups in total. The number of carbonyl (C=O) groups excluding carboxylic acids is 1. The minimum absolute atomic E-state index is 0.269. The maximum Gasteiger partial charge on any atom is 0.428 e. The van der Waals surface area contributed by atoms with Crippen LogP contribution in [0.4, 0.5) is 26.3 Å². The molecule has 29 heavy (non-hydrogen) atoms. The molecule has 8 nitrogen and oxygen atoms in total. The fourth-order valence-corrected chi connectivity index (χ4v) is 4.34. The van der Waals surface area contributed by atoms with Crippen LogP contribution in [0.25, 0.3) is 0 Å². The molecular formula is C13H18F6NO7S2-. The Morgan fingerprint density at radius 2 is 1.34 bits per heavy atom. The van der Waals surface area contributed by atoms with Crippen molar-refractivity contribution in [3.63, 3.8) is 0 Å². The molecule has 1 fully saturated rings. The Labute approximate surface area is 163 Å². The zero-order valence-corrected chi connectivity index (χ0v) is 16.9. The largest absolute Gasteiger partial charge is 0.743 e. The second-order valence-electron chi connectivity index (χ2n) is 7.27. The summed E-state index contributed by atoms with van der Waals surface area (Å²) in [6.07, 6.45) is -0.877. The van der Waals surface area contributed by atoms with Crippen molar-refractivity contribution in [3.05, 3.63) is 0 Å². The number of alkyl halides is 6. The monoisotopic (exact) mass is 478 g/mol.